The van der Waals surface area contributed by atoms with Gasteiger partial charge >= 0.3 is 0 Å². The van der Waals surface area contributed by atoms with Crippen LogP contribution in [0.3, 0.4) is 0 Å². The van der Waals surface area contributed by atoms with Crippen LogP contribution in [0.1, 0.15) is 30.2 Å². The molecule has 8 heteroatoms. The molecular weight excluding hydrogens is 426 g/mol. The first-order valence-electron chi connectivity index (χ1n) is 11.6. The SMILES string of the molecule is CC(C)n1c(-c2ccc(C(=O)N3CCN(C)CC3)cc2)nc2c(Nc3ccccc3)ncnc21. The van der Waals surface area contributed by atoms with Crippen LogP contribution >= 0.6 is 0 Å². The van der Waals surface area contributed by atoms with E-state index in [1.165, 1.54) is 0 Å². The standard InChI is InChI=1S/C26H29N7O/c1-18(2)33-24(19-9-11-20(12-10-19)26(34)32-15-13-31(3)14-16-32)30-22-23(27-17-28-25(22)33)29-21-7-5-4-6-8-21/h4-12,17-18H,13-16H2,1-3H3,(H,27,28,29). The minimum Gasteiger partial charge on any atom is -0.338 e. The van der Waals surface area contributed by atoms with Gasteiger partial charge in [-0.3, -0.25) is 4.79 Å². The van der Waals surface area contributed by atoms with Gasteiger partial charge in [-0.1, -0.05) is 30.3 Å². The summed E-state index contributed by atoms with van der Waals surface area (Å²) < 4.78 is 2.12. The van der Waals surface area contributed by atoms with E-state index in [9.17, 15) is 4.79 Å². The van der Waals surface area contributed by atoms with E-state index in [1.807, 2.05) is 59.5 Å². The monoisotopic (exact) mass is 455 g/mol. The Kier molecular flexibility index (Phi) is 5.98. The molecule has 5 rings (SSSR count). The number of aromatic nitrogens is 4. The average molecular weight is 456 g/mol. The van der Waals surface area contributed by atoms with E-state index in [1.54, 1.807) is 6.33 Å². The average Bonchev–Trinajstić information content (AvgIpc) is 3.26. The molecule has 4 aromatic rings. The van der Waals surface area contributed by atoms with Crippen molar-refractivity contribution in [3.63, 3.8) is 0 Å². The summed E-state index contributed by atoms with van der Waals surface area (Å²) in [6.45, 7) is 7.56. The molecular formula is C26H29N7O. The number of likely N-dealkylation sites (N-methyl/N-ethyl adjacent to an activating group) is 1. The Balaban J connectivity index is 1.49. The number of hydrogen-bond acceptors (Lipinski definition) is 6. The lowest BCUT2D eigenvalue weighted by Crippen LogP contribution is -2.47. The number of imidazole rings is 1. The fourth-order valence-electron chi connectivity index (χ4n) is 4.31. The maximum Gasteiger partial charge on any atom is 0.253 e. The quantitative estimate of drug-likeness (QED) is 0.486. The third-order valence-electron chi connectivity index (χ3n) is 6.21. The number of nitrogens with one attached hydrogen (secondary N) is 1. The third-order valence-corrected chi connectivity index (χ3v) is 6.21. The van der Waals surface area contributed by atoms with E-state index in [0.29, 0.717) is 16.9 Å². The minimum atomic E-state index is 0.0808. The number of benzene rings is 2. The van der Waals surface area contributed by atoms with Gasteiger partial charge in [-0.25, -0.2) is 15.0 Å². The maximum atomic E-state index is 12.9. The van der Waals surface area contributed by atoms with Gasteiger partial charge in [0.25, 0.3) is 5.91 Å². The zero-order valence-electron chi connectivity index (χ0n) is 19.8. The minimum absolute atomic E-state index is 0.0808. The molecule has 0 aliphatic carbocycles. The molecule has 174 valence electrons. The molecule has 8 nitrogen and oxygen atoms in total. The molecule has 1 N–H and O–H groups in total. The molecule has 0 spiro atoms. The zero-order valence-corrected chi connectivity index (χ0v) is 19.8. The van der Waals surface area contributed by atoms with Crippen LogP contribution in [-0.4, -0.2) is 68.5 Å². The zero-order chi connectivity index (χ0) is 23.7. The number of rotatable bonds is 5. The predicted octanol–water partition coefficient (Wildman–Crippen LogP) is 4.21. The van der Waals surface area contributed by atoms with Crippen molar-refractivity contribution in [2.24, 2.45) is 0 Å². The molecule has 0 atom stereocenters. The van der Waals surface area contributed by atoms with Crippen molar-refractivity contribution in [1.29, 1.82) is 0 Å². The van der Waals surface area contributed by atoms with Crippen molar-refractivity contribution in [2.75, 3.05) is 38.5 Å². The van der Waals surface area contributed by atoms with Crippen LogP contribution in [0.25, 0.3) is 22.6 Å². The number of carbonyl (C=O) groups excluding carboxylic acids is 1. The van der Waals surface area contributed by atoms with Crippen molar-refractivity contribution < 1.29 is 4.79 Å². The van der Waals surface area contributed by atoms with E-state index < -0.39 is 0 Å². The molecule has 0 radical (unpaired) electrons. The number of carbonyl (C=O) groups is 1. The van der Waals surface area contributed by atoms with E-state index in [0.717, 1.165) is 48.9 Å². The Labute approximate surface area is 199 Å². The summed E-state index contributed by atoms with van der Waals surface area (Å²) in [6.07, 6.45) is 1.57. The van der Waals surface area contributed by atoms with Gasteiger partial charge in [0.05, 0.1) is 0 Å². The van der Waals surface area contributed by atoms with Crippen molar-refractivity contribution in [3.05, 3.63) is 66.5 Å². The second-order valence-electron chi connectivity index (χ2n) is 8.96. The first kappa shape index (κ1) is 22.0. The molecule has 34 heavy (non-hydrogen) atoms. The molecule has 0 bridgehead atoms. The van der Waals surface area contributed by atoms with Crippen LogP contribution in [0.15, 0.2) is 60.9 Å². The molecule has 2 aromatic carbocycles. The number of amides is 1. The Morgan fingerprint density at radius 3 is 2.32 bits per heavy atom. The van der Waals surface area contributed by atoms with Crippen LogP contribution < -0.4 is 5.32 Å². The Hall–Kier alpha value is -3.78. The molecule has 2 aromatic heterocycles. The van der Waals surface area contributed by atoms with Gasteiger partial charge in [0, 0.05) is 49.0 Å². The van der Waals surface area contributed by atoms with Crippen LogP contribution in [0, 0.1) is 0 Å². The lowest BCUT2D eigenvalue weighted by atomic mass is 10.1. The highest BCUT2D eigenvalue weighted by Crippen LogP contribution is 2.31. The maximum absolute atomic E-state index is 12.9. The fraction of sp³-hybridized carbons (Fsp3) is 0.308. The molecule has 1 fully saturated rings. The van der Waals surface area contributed by atoms with E-state index in [4.69, 9.17) is 4.98 Å². The van der Waals surface area contributed by atoms with Gasteiger partial charge in [-0.05, 0) is 45.2 Å². The number of anilines is 2. The number of nitrogens with zero attached hydrogens (tertiary/aromatic N) is 6. The third kappa shape index (κ3) is 4.24. The van der Waals surface area contributed by atoms with E-state index in [-0.39, 0.29) is 11.9 Å². The number of fused-ring (bicyclic) bond motifs is 1. The van der Waals surface area contributed by atoms with Crippen LogP contribution in [0.4, 0.5) is 11.5 Å². The highest BCUT2D eigenvalue weighted by Gasteiger charge is 2.22. The summed E-state index contributed by atoms with van der Waals surface area (Å²) >= 11 is 0. The summed E-state index contributed by atoms with van der Waals surface area (Å²) in [6, 6.07) is 17.8. The van der Waals surface area contributed by atoms with Gasteiger partial charge in [0.15, 0.2) is 17.0 Å². The molecule has 1 saturated heterocycles. The summed E-state index contributed by atoms with van der Waals surface area (Å²) in [4.78, 5) is 31.1. The number of piperazine rings is 1. The fourth-order valence-corrected chi connectivity index (χ4v) is 4.31. The Morgan fingerprint density at radius 2 is 1.65 bits per heavy atom. The predicted molar refractivity (Wildman–Crippen MR) is 134 cm³/mol. The molecule has 1 aliphatic heterocycles. The topological polar surface area (TPSA) is 79.2 Å². The molecule has 0 unspecified atom stereocenters. The number of hydrogen-bond donors (Lipinski definition) is 1. The summed E-state index contributed by atoms with van der Waals surface area (Å²) in [5.41, 5.74) is 4.07. The van der Waals surface area contributed by atoms with Crippen LogP contribution in [0.5, 0.6) is 0 Å². The highest BCUT2D eigenvalue weighted by molar-refractivity contribution is 5.95. The van der Waals surface area contributed by atoms with E-state index in [2.05, 4.69) is 45.6 Å². The van der Waals surface area contributed by atoms with Gasteiger partial charge in [0.2, 0.25) is 0 Å². The summed E-state index contributed by atoms with van der Waals surface area (Å²) in [7, 11) is 2.09. The van der Waals surface area contributed by atoms with Crippen molar-refractivity contribution >= 4 is 28.6 Å². The van der Waals surface area contributed by atoms with Gasteiger partial charge in [-0.15, -0.1) is 0 Å². The van der Waals surface area contributed by atoms with Gasteiger partial charge < -0.3 is 19.7 Å². The van der Waals surface area contributed by atoms with Crippen molar-refractivity contribution in [2.45, 2.75) is 19.9 Å². The number of para-hydroxylation sites is 1. The van der Waals surface area contributed by atoms with Crippen molar-refractivity contribution in [1.82, 2.24) is 29.3 Å². The first-order valence-corrected chi connectivity index (χ1v) is 11.6. The van der Waals surface area contributed by atoms with Gasteiger partial charge in [0.1, 0.15) is 12.2 Å². The molecule has 3 heterocycles. The lowest BCUT2D eigenvalue weighted by molar-refractivity contribution is 0.0664. The second kappa shape index (κ2) is 9.23. The molecule has 1 aliphatic rings. The normalized spacial score (nSPS) is 14.6. The second-order valence-corrected chi connectivity index (χ2v) is 8.96. The van der Waals surface area contributed by atoms with Crippen molar-refractivity contribution in [3.8, 4) is 11.4 Å². The van der Waals surface area contributed by atoms with Gasteiger partial charge in [-0.2, -0.15) is 0 Å². The lowest BCUT2D eigenvalue weighted by Gasteiger charge is -2.32. The van der Waals surface area contributed by atoms with E-state index >= 15 is 0 Å². The Bertz CT molecular complexity index is 1290. The first-order chi connectivity index (χ1) is 16.5. The largest absolute Gasteiger partial charge is 0.338 e. The smallest absolute Gasteiger partial charge is 0.253 e. The summed E-state index contributed by atoms with van der Waals surface area (Å²) in [5.74, 6) is 1.55. The van der Waals surface area contributed by atoms with Crippen LogP contribution in [0.2, 0.25) is 0 Å². The Morgan fingerprint density at radius 1 is 0.941 bits per heavy atom. The van der Waals surface area contributed by atoms with Crippen LogP contribution in [-0.2, 0) is 0 Å². The highest BCUT2D eigenvalue weighted by atomic mass is 16.2. The summed E-state index contributed by atoms with van der Waals surface area (Å²) in [5, 5.41) is 3.36. The molecule has 0 saturated carbocycles. The molecule has 1 amide bonds.